The molecule has 3 aromatic rings. The molecule has 7 heteroatoms. The van der Waals surface area contributed by atoms with Crippen LogP contribution in [0.2, 0.25) is 0 Å². The Hall–Kier alpha value is -3.24. The lowest BCUT2D eigenvalue weighted by atomic mass is 10.1. The van der Waals surface area contributed by atoms with Crippen molar-refractivity contribution in [2.45, 2.75) is 13.0 Å². The Morgan fingerprint density at radius 2 is 2.00 bits per heavy atom. The summed E-state index contributed by atoms with van der Waals surface area (Å²) in [6, 6.07) is 14.4. The molecule has 0 radical (unpaired) electrons. The number of benzene rings is 1. The first-order valence-corrected chi connectivity index (χ1v) is 8.80. The quantitative estimate of drug-likeness (QED) is 0.472. The van der Waals surface area contributed by atoms with Crippen LogP contribution in [0.15, 0.2) is 54.0 Å². The van der Waals surface area contributed by atoms with Crippen molar-refractivity contribution < 1.29 is 14.3 Å². The molecule has 0 unspecified atom stereocenters. The number of thiophene rings is 1. The van der Waals surface area contributed by atoms with Gasteiger partial charge < -0.3 is 4.74 Å². The molecule has 0 bridgehead atoms. The van der Waals surface area contributed by atoms with Crippen LogP contribution in [0.25, 0.3) is 10.6 Å². The standard InChI is InChI=1S/C19H15N3O3S/c20-9-5-10-22-12-15(18(21-22)17-8-4-11-26-17)19(24)25-13-16(23)14-6-2-1-3-7-14/h1-4,6-8,11-12H,5,10,13H2. The SMILES string of the molecule is N#CCCn1cc(C(=O)OCC(=O)c2ccccc2)c(-c2cccs2)n1. The van der Waals surface area contributed by atoms with E-state index >= 15 is 0 Å². The minimum atomic E-state index is -0.610. The Morgan fingerprint density at radius 1 is 1.19 bits per heavy atom. The molecule has 0 N–H and O–H groups in total. The predicted octanol–water partition coefficient (Wildman–Crippen LogP) is 3.56. The van der Waals surface area contributed by atoms with E-state index in [1.165, 1.54) is 11.3 Å². The van der Waals surface area contributed by atoms with Gasteiger partial charge in [0.2, 0.25) is 0 Å². The van der Waals surface area contributed by atoms with Crippen molar-refractivity contribution in [2.24, 2.45) is 0 Å². The second-order valence-electron chi connectivity index (χ2n) is 5.41. The summed E-state index contributed by atoms with van der Waals surface area (Å²) in [7, 11) is 0. The van der Waals surface area contributed by atoms with Gasteiger partial charge in [-0.05, 0) is 11.4 Å². The van der Waals surface area contributed by atoms with Crippen LogP contribution in [0.3, 0.4) is 0 Å². The third-order valence-electron chi connectivity index (χ3n) is 3.62. The van der Waals surface area contributed by atoms with Gasteiger partial charge >= 0.3 is 5.97 Å². The van der Waals surface area contributed by atoms with E-state index in [9.17, 15) is 9.59 Å². The number of Topliss-reactive ketones (excluding diaryl/α,β-unsaturated/α-hetero) is 1. The summed E-state index contributed by atoms with van der Waals surface area (Å²) in [4.78, 5) is 25.4. The van der Waals surface area contributed by atoms with E-state index in [-0.39, 0.29) is 24.4 Å². The third kappa shape index (κ3) is 4.05. The molecule has 2 heterocycles. The number of hydrogen-bond donors (Lipinski definition) is 0. The van der Waals surface area contributed by atoms with Crippen molar-refractivity contribution in [1.29, 1.82) is 5.26 Å². The second-order valence-corrected chi connectivity index (χ2v) is 6.35. The van der Waals surface area contributed by atoms with Crippen LogP contribution in [-0.4, -0.2) is 28.1 Å². The summed E-state index contributed by atoms with van der Waals surface area (Å²) in [5.74, 6) is -0.880. The Bertz CT molecular complexity index is 940. The number of ether oxygens (including phenoxy) is 1. The molecule has 1 aromatic carbocycles. The number of nitriles is 1. The van der Waals surface area contributed by atoms with Crippen molar-refractivity contribution in [3.63, 3.8) is 0 Å². The molecule has 3 rings (SSSR count). The molecule has 0 saturated heterocycles. The molecule has 6 nitrogen and oxygen atoms in total. The summed E-state index contributed by atoms with van der Waals surface area (Å²) >= 11 is 1.45. The first-order valence-electron chi connectivity index (χ1n) is 7.92. The maximum atomic E-state index is 12.5. The highest BCUT2D eigenvalue weighted by molar-refractivity contribution is 7.13. The van der Waals surface area contributed by atoms with Gasteiger partial charge in [0.15, 0.2) is 12.4 Å². The lowest BCUT2D eigenvalue weighted by Crippen LogP contribution is -2.14. The first-order chi connectivity index (χ1) is 12.7. The number of aromatic nitrogens is 2. The average molecular weight is 365 g/mol. The lowest BCUT2D eigenvalue weighted by Gasteiger charge is -2.04. The number of carbonyl (C=O) groups excluding carboxylic acids is 2. The largest absolute Gasteiger partial charge is 0.454 e. The van der Waals surface area contributed by atoms with Gasteiger partial charge in [0.05, 0.1) is 23.9 Å². The zero-order valence-electron chi connectivity index (χ0n) is 13.8. The summed E-state index contributed by atoms with van der Waals surface area (Å²) in [6.45, 7) is 0.0429. The van der Waals surface area contributed by atoms with Crippen LogP contribution in [-0.2, 0) is 11.3 Å². The van der Waals surface area contributed by atoms with Gasteiger partial charge in [-0.25, -0.2) is 4.79 Å². The highest BCUT2D eigenvalue weighted by atomic mass is 32.1. The van der Waals surface area contributed by atoms with Crippen LogP contribution in [0.1, 0.15) is 27.1 Å². The molecular weight excluding hydrogens is 350 g/mol. The van der Waals surface area contributed by atoms with Crippen LogP contribution in [0.5, 0.6) is 0 Å². The molecule has 0 saturated carbocycles. The zero-order chi connectivity index (χ0) is 18.4. The smallest absolute Gasteiger partial charge is 0.342 e. The van der Waals surface area contributed by atoms with Gasteiger partial charge in [-0.1, -0.05) is 36.4 Å². The number of rotatable bonds is 7. The van der Waals surface area contributed by atoms with E-state index in [1.54, 1.807) is 35.1 Å². The normalized spacial score (nSPS) is 10.3. The first kappa shape index (κ1) is 17.6. The third-order valence-corrected chi connectivity index (χ3v) is 4.50. The predicted molar refractivity (Wildman–Crippen MR) is 96.8 cm³/mol. The van der Waals surface area contributed by atoms with Crippen molar-refractivity contribution >= 4 is 23.1 Å². The molecule has 0 fully saturated rings. The molecule has 0 spiro atoms. The fourth-order valence-electron chi connectivity index (χ4n) is 2.36. The maximum absolute atomic E-state index is 12.5. The Morgan fingerprint density at radius 3 is 2.69 bits per heavy atom. The molecule has 0 atom stereocenters. The number of esters is 1. The van der Waals surface area contributed by atoms with E-state index in [2.05, 4.69) is 5.10 Å². The number of aryl methyl sites for hydroxylation is 1. The minimum absolute atomic E-state index is 0.270. The summed E-state index contributed by atoms with van der Waals surface area (Å²) in [6.07, 6.45) is 1.84. The lowest BCUT2D eigenvalue weighted by molar-refractivity contribution is 0.0475. The van der Waals surface area contributed by atoms with Crippen molar-refractivity contribution in [3.05, 3.63) is 65.2 Å². The molecule has 0 amide bonds. The van der Waals surface area contributed by atoms with Gasteiger partial charge in [-0.2, -0.15) is 10.4 Å². The molecule has 130 valence electrons. The van der Waals surface area contributed by atoms with Crippen molar-refractivity contribution in [3.8, 4) is 16.6 Å². The second kappa shape index (κ2) is 8.23. The van der Waals surface area contributed by atoms with Crippen LogP contribution < -0.4 is 0 Å². The summed E-state index contributed by atoms with van der Waals surface area (Å²) in [5, 5.41) is 15.0. The summed E-state index contributed by atoms with van der Waals surface area (Å²) in [5.41, 5.74) is 1.27. The van der Waals surface area contributed by atoms with Crippen molar-refractivity contribution in [1.82, 2.24) is 9.78 Å². The number of carbonyl (C=O) groups is 2. The van der Waals surface area contributed by atoms with Gasteiger partial charge in [0.25, 0.3) is 0 Å². The van der Waals surface area contributed by atoms with E-state index in [0.29, 0.717) is 17.8 Å². The van der Waals surface area contributed by atoms with Crippen molar-refractivity contribution in [2.75, 3.05) is 6.61 Å². The average Bonchev–Trinajstić information content (AvgIpc) is 3.34. The Labute approximate surface area is 154 Å². The van der Waals surface area contributed by atoms with Crippen LogP contribution in [0, 0.1) is 11.3 Å². The number of hydrogen-bond acceptors (Lipinski definition) is 6. The summed E-state index contributed by atoms with van der Waals surface area (Å²) < 4.78 is 6.75. The Balaban J connectivity index is 1.76. The van der Waals surface area contributed by atoms with Gasteiger partial charge in [0.1, 0.15) is 11.3 Å². The highest BCUT2D eigenvalue weighted by Gasteiger charge is 2.21. The fraction of sp³-hybridized carbons (Fsp3) is 0.158. The van der Waals surface area contributed by atoms with Crippen LogP contribution in [0.4, 0.5) is 0 Å². The van der Waals surface area contributed by atoms with Gasteiger partial charge in [0, 0.05) is 11.8 Å². The molecular formula is C19H15N3O3S. The molecule has 0 aliphatic rings. The zero-order valence-corrected chi connectivity index (χ0v) is 14.6. The number of ketones is 1. The fourth-order valence-corrected chi connectivity index (χ4v) is 3.08. The number of nitrogens with zero attached hydrogens (tertiary/aromatic N) is 3. The molecule has 0 aliphatic carbocycles. The van der Waals surface area contributed by atoms with E-state index in [0.717, 1.165) is 4.88 Å². The minimum Gasteiger partial charge on any atom is -0.454 e. The van der Waals surface area contributed by atoms with E-state index in [1.807, 2.05) is 29.6 Å². The molecule has 0 aliphatic heterocycles. The maximum Gasteiger partial charge on any atom is 0.342 e. The topological polar surface area (TPSA) is 85.0 Å². The van der Waals surface area contributed by atoms with E-state index < -0.39 is 5.97 Å². The molecule has 26 heavy (non-hydrogen) atoms. The Kier molecular flexibility index (Phi) is 5.56. The molecule has 2 aromatic heterocycles. The van der Waals surface area contributed by atoms with Crippen LogP contribution >= 0.6 is 11.3 Å². The van der Waals surface area contributed by atoms with Gasteiger partial charge in [-0.15, -0.1) is 11.3 Å². The van der Waals surface area contributed by atoms with E-state index in [4.69, 9.17) is 10.00 Å². The van der Waals surface area contributed by atoms with Gasteiger partial charge in [-0.3, -0.25) is 9.48 Å². The monoisotopic (exact) mass is 365 g/mol. The highest BCUT2D eigenvalue weighted by Crippen LogP contribution is 2.27.